The highest BCUT2D eigenvalue weighted by atomic mass is 16.5. The number of nitrogens with zero attached hydrogens (tertiary/aromatic N) is 1. The fourth-order valence-corrected chi connectivity index (χ4v) is 4.17. The lowest BCUT2D eigenvalue weighted by molar-refractivity contribution is -0.0340. The van der Waals surface area contributed by atoms with Gasteiger partial charge in [-0.15, -0.1) is 0 Å². The molecule has 5 atom stereocenters. The second kappa shape index (κ2) is 7.77. The molecule has 0 amide bonds. The zero-order valence-electron chi connectivity index (χ0n) is 13.9. The van der Waals surface area contributed by atoms with Gasteiger partial charge in [0.05, 0.1) is 6.10 Å². The number of likely N-dealkylation sites (tertiary alicyclic amines) is 1. The summed E-state index contributed by atoms with van der Waals surface area (Å²) in [6.07, 6.45) is 7.17. The first kappa shape index (κ1) is 16.3. The minimum Gasteiger partial charge on any atom is -0.380 e. The van der Waals surface area contributed by atoms with Gasteiger partial charge < -0.3 is 10.1 Å². The third-order valence-electron chi connectivity index (χ3n) is 5.66. The van der Waals surface area contributed by atoms with Gasteiger partial charge in [0.1, 0.15) is 0 Å². The van der Waals surface area contributed by atoms with Gasteiger partial charge in [0, 0.05) is 25.7 Å². The quantitative estimate of drug-likeness (QED) is 0.839. The Hall–Kier alpha value is -0.120. The maximum Gasteiger partial charge on any atom is 0.0724 e. The van der Waals surface area contributed by atoms with Gasteiger partial charge in [-0.3, -0.25) is 4.90 Å². The highest BCUT2D eigenvalue weighted by Gasteiger charge is 2.37. The number of ether oxygens (including phenoxy) is 1. The summed E-state index contributed by atoms with van der Waals surface area (Å²) in [5, 5.41) is 3.74. The monoisotopic (exact) mass is 282 g/mol. The number of nitrogens with one attached hydrogen (secondary N) is 1. The normalized spacial score (nSPS) is 39.9. The van der Waals surface area contributed by atoms with Crippen LogP contribution in [-0.4, -0.2) is 49.8 Å². The van der Waals surface area contributed by atoms with E-state index >= 15 is 0 Å². The molecule has 2 rings (SSSR count). The Balaban J connectivity index is 2.01. The van der Waals surface area contributed by atoms with E-state index in [1.54, 1.807) is 0 Å². The molecular weight excluding hydrogens is 248 g/mol. The molecule has 20 heavy (non-hydrogen) atoms. The number of piperidine rings is 1. The Morgan fingerprint density at radius 1 is 1.20 bits per heavy atom. The minimum absolute atomic E-state index is 0.424. The van der Waals surface area contributed by atoms with Crippen LogP contribution in [0.2, 0.25) is 0 Å². The van der Waals surface area contributed by atoms with Crippen molar-refractivity contribution in [3.63, 3.8) is 0 Å². The molecule has 1 aliphatic carbocycles. The summed E-state index contributed by atoms with van der Waals surface area (Å²) in [6.45, 7) is 10.4. The molecule has 2 aliphatic rings. The molecule has 1 saturated carbocycles. The smallest absolute Gasteiger partial charge is 0.0724 e. The second-order valence-corrected chi connectivity index (χ2v) is 6.85. The number of rotatable bonds is 5. The molecule has 118 valence electrons. The first-order chi connectivity index (χ1) is 9.69. The van der Waals surface area contributed by atoms with Crippen LogP contribution in [0, 0.1) is 11.8 Å². The summed E-state index contributed by atoms with van der Waals surface area (Å²) >= 11 is 0. The molecule has 0 spiro atoms. The van der Waals surface area contributed by atoms with E-state index in [0.29, 0.717) is 18.1 Å². The maximum atomic E-state index is 5.71. The van der Waals surface area contributed by atoms with Crippen molar-refractivity contribution in [1.29, 1.82) is 0 Å². The Morgan fingerprint density at radius 3 is 2.65 bits per heavy atom. The molecule has 0 bridgehead atoms. The fourth-order valence-electron chi connectivity index (χ4n) is 4.17. The highest BCUT2D eigenvalue weighted by Crippen LogP contribution is 2.32. The van der Waals surface area contributed by atoms with Crippen LogP contribution in [0.15, 0.2) is 0 Å². The van der Waals surface area contributed by atoms with Crippen molar-refractivity contribution in [3.8, 4) is 0 Å². The Bertz CT molecular complexity index is 284. The number of likely N-dealkylation sites (N-methyl/N-ethyl adjacent to an activating group) is 1. The van der Waals surface area contributed by atoms with E-state index in [1.807, 2.05) is 7.11 Å². The largest absolute Gasteiger partial charge is 0.380 e. The zero-order valence-corrected chi connectivity index (χ0v) is 13.9. The van der Waals surface area contributed by atoms with Gasteiger partial charge in [-0.05, 0) is 50.6 Å². The van der Waals surface area contributed by atoms with Crippen molar-refractivity contribution in [2.24, 2.45) is 11.8 Å². The average Bonchev–Trinajstić information content (AvgIpc) is 2.48. The molecular formula is C17H34N2O. The standard InChI is InChI=1S/C17H34N2O/c1-5-14-7-8-15(18-6-2)16(11-14)19-10-9-13(3)17(12-19)20-4/h13-18H,5-12H2,1-4H3. The maximum absolute atomic E-state index is 5.71. The third kappa shape index (κ3) is 3.75. The summed E-state index contributed by atoms with van der Waals surface area (Å²) in [6, 6.07) is 1.41. The molecule has 0 aromatic carbocycles. The Morgan fingerprint density at radius 2 is 2.00 bits per heavy atom. The molecule has 1 saturated heterocycles. The van der Waals surface area contributed by atoms with Gasteiger partial charge >= 0.3 is 0 Å². The molecule has 5 unspecified atom stereocenters. The van der Waals surface area contributed by atoms with Crippen LogP contribution in [-0.2, 0) is 4.74 Å². The van der Waals surface area contributed by atoms with E-state index in [-0.39, 0.29) is 0 Å². The molecule has 3 nitrogen and oxygen atoms in total. The third-order valence-corrected chi connectivity index (χ3v) is 5.66. The van der Waals surface area contributed by atoms with Crippen molar-refractivity contribution in [1.82, 2.24) is 10.2 Å². The molecule has 2 fully saturated rings. The predicted molar refractivity (Wildman–Crippen MR) is 85.0 cm³/mol. The SMILES string of the molecule is CCNC1CCC(CC)CC1N1CCC(C)C(OC)C1. The van der Waals surface area contributed by atoms with Gasteiger partial charge in [0.25, 0.3) is 0 Å². The van der Waals surface area contributed by atoms with Crippen LogP contribution < -0.4 is 5.32 Å². The van der Waals surface area contributed by atoms with E-state index in [1.165, 1.54) is 38.6 Å². The van der Waals surface area contributed by atoms with Crippen LogP contribution in [0.4, 0.5) is 0 Å². The lowest BCUT2D eigenvalue weighted by Gasteiger charge is -2.47. The lowest BCUT2D eigenvalue weighted by atomic mass is 9.79. The summed E-state index contributed by atoms with van der Waals surface area (Å²) < 4.78 is 5.71. The topological polar surface area (TPSA) is 24.5 Å². The summed E-state index contributed by atoms with van der Waals surface area (Å²) in [4.78, 5) is 2.73. The Labute approximate surface area is 125 Å². The van der Waals surface area contributed by atoms with E-state index in [0.717, 1.165) is 25.0 Å². The molecule has 0 aromatic heterocycles. The number of hydrogen-bond acceptors (Lipinski definition) is 3. The minimum atomic E-state index is 0.424. The number of methoxy groups -OCH3 is 1. The average molecular weight is 282 g/mol. The summed E-state index contributed by atoms with van der Waals surface area (Å²) in [7, 11) is 1.88. The zero-order chi connectivity index (χ0) is 14.5. The summed E-state index contributed by atoms with van der Waals surface area (Å²) in [5.74, 6) is 1.63. The van der Waals surface area contributed by atoms with Gasteiger partial charge in [0.15, 0.2) is 0 Å². The first-order valence-corrected chi connectivity index (χ1v) is 8.69. The van der Waals surface area contributed by atoms with Crippen LogP contribution in [0.25, 0.3) is 0 Å². The van der Waals surface area contributed by atoms with Crippen LogP contribution >= 0.6 is 0 Å². The van der Waals surface area contributed by atoms with Crippen molar-refractivity contribution in [3.05, 3.63) is 0 Å². The predicted octanol–water partition coefficient (Wildman–Crippen LogP) is 2.90. The molecule has 1 N–H and O–H groups in total. The van der Waals surface area contributed by atoms with Gasteiger partial charge in [-0.2, -0.15) is 0 Å². The van der Waals surface area contributed by atoms with Crippen LogP contribution in [0.3, 0.4) is 0 Å². The highest BCUT2D eigenvalue weighted by molar-refractivity contribution is 4.93. The first-order valence-electron chi connectivity index (χ1n) is 8.69. The molecule has 3 heteroatoms. The summed E-state index contributed by atoms with van der Waals surface area (Å²) in [5.41, 5.74) is 0. The molecule has 0 radical (unpaired) electrons. The van der Waals surface area contributed by atoms with Crippen molar-refractivity contribution >= 4 is 0 Å². The molecule has 1 heterocycles. The number of hydrogen-bond donors (Lipinski definition) is 1. The van der Waals surface area contributed by atoms with Gasteiger partial charge in [0.2, 0.25) is 0 Å². The van der Waals surface area contributed by atoms with Crippen LogP contribution in [0.5, 0.6) is 0 Å². The van der Waals surface area contributed by atoms with E-state index in [2.05, 4.69) is 31.0 Å². The lowest BCUT2D eigenvalue weighted by Crippen LogP contribution is -2.57. The van der Waals surface area contributed by atoms with Crippen LogP contribution in [0.1, 0.15) is 52.9 Å². The van der Waals surface area contributed by atoms with E-state index in [4.69, 9.17) is 4.74 Å². The Kier molecular flexibility index (Phi) is 6.31. The molecule has 0 aromatic rings. The van der Waals surface area contributed by atoms with Crippen molar-refractivity contribution < 1.29 is 4.74 Å². The van der Waals surface area contributed by atoms with Crippen molar-refractivity contribution in [2.45, 2.75) is 71.1 Å². The van der Waals surface area contributed by atoms with Gasteiger partial charge in [-0.25, -0.2) is 0 Å². The van der Waals surface area contributed by atoms with Gasteiger partial charge in [-0.1, -0.05) is 27.2 Å². The van der Waals surface area contributed by atoms with E-state index in [9.17, 15) is 0 Å². The fraction of sp³-hybridized carbons (Fsp3) is 1.00. The van der Waals surface area contributed by atoms with E-state index < -0.39 is 0 Å². The second-order valence-electron chi connectivity index (χ2n) is 6.85. The van der Waals surface area contributed by atoms with Crippen molar-refractivity contribution in [2.75, 3.05) is 26.7 Å². The molecule has 1 aliphatic heterocycles.